The second-order valence-electron chi connectivity index (χ2n) is 7.25. The number of esters is 1. The average molecular weight is 546 g/mol. The monoisotopic (exact) mass is 544 g/mol. The Hall–Kier alpha value is -3.36. The number of hydrogen-bond donors (Lipinski definition) is 1. The Bertz CT molecular complexity index is 1220. The van der Waals surface area contributed by atoms with Crippen molar-refractivity contribution in [1.82, 2.24) is 5.43 Å². The lowest BCUT2D eigenvalue weighted by Gasteiger charge is -2.11. The molecule has 7 nitrogen and oxygen atoms in total. The number of carbonyl (C=O) groups is 2. The number of nitrogens with zero attached hydrogens (tertiary/aromatic N) is 1. The Labute approximate surface area is 210 Å². The highest BCUT2D eigenvalue weighted by Crippen LogP contribution is 2.30. The molecule has 0 saturated heterocycles. The topological polar surface area (TPSA) is 86.2 Å². The van der Waals surface area contributed by atoms with Gasteiger partial charge in [-0.2, -0.15) is 5.10 Å². The third-order valence-electron chi connectivity index (χ3n) is 4.61. The number of halogens is 2. The molecular formula is C25H22BrClN2O5. The van der Waals surface area contributed by atoms with Crippen LogP contribution in [0.3, 0.4) is 0 Å². The predicted molar refractivity (Wildman–Crippen MR) is 134 cm³/mol. The largest absolute Gasteiger partial charge is 0.493 e. The van der Waals surface area contributed by atoms with Crippen molar-refractivity contribution in [2.45, 2.75) is 13.8 Å². The Kier molecular flexibility index (Phi) is 8.67. The Morgan fingerprint density at radius 2 is 1.85 bits per heavy atom. The van der Waals surface area contributed by atoms with Crippen LogP contribution < -0.4 is 19.6 Å². The fourth-order valence-electron chi connectivity index (χ4n) is 3.06. The second kappa shape index (κ2) is 11.7. The summed E-state index contributed by atoms with van der Waals surface area (Å²) in [6, 6.07) is 15.3. The molecule has 0 atom stereocenters. The summed E-state index contributed by atoms with van der Waals surface area (Å²) < 4.78 is 17.1. The molecule has 0 heterocycles. The summed E-state index contributed by atoms with van der Waals surface area (Å²) in [4.78, 5) is 24.5. The quantitative estimate of drug-likeness (QED) is 0.175. The van der Waals surface area contributed by atoms with E-state index in [1.165, 1.54) is 13.3 Å². The SMILES string of the molecule is COc1cc(/C=N\NC(=O)COc2c(C)cc(C)cc2Br)ccc1OC(=O)c1ccccc1Cl. The van der Waals surface area contributed by atoms with Gasteiger partial charge in [0.15, 0.2) is 18.1 Å². The van der Waals surface area contributed by atoms with Crippen LogP contribution in [-0.2, 0) is 4.79 Å². The van der Waals surface area contributed by atoms with E-state index in [4.69, 9.17) is 25.8 Å². The van der Waals surface area contributed by atoms with E-state index in [9.17, 15) is 9.59 Å². The summed E-state index contributed by atoms with van der Waals surface area (Å²) in [5.41, 5.74) is 5.29. The van der Waals surface area contributed by atoms with E-state index < -0.39 is 11.9 Å². The first-order valence-electron chi connectivity index (χ1n) is 10.1. The van der Waals surface area contributed by atoms with Crippen molar-refractivity contribution in [2.24, 2.45) is 5.10 Å². The molecule has 0 aliphatic rings. The first-order valence-corrected chi connectivity index (χ1v) is 11.3. The van der Waals surface area contributed by atoms with Crippen LogP contribution in [0.25, 0.3) is 0 Å². The molecule has 3 aromatic carbocycles. The van der Waals surface area contributed by atoms with Crippen molar-refractivity contribution in [2.75, 3.05) is 13.7 Å². The number of nitrogens with one attached hydrogen (secondary N) is 1. The second-order valence-corrected chi connectivity index (χ2v) is 8.52. The van der Waals surface area contributed by atoms with E-state index in [2.05, 4.69) is 26.5 Å². The van der Waals surface area contributed by atoms with Crippen molar-refractivity contribution < 1.29 is 23.8 Å². The summed E-state index contributed by atoms with van der Waals surface area (Å²) in [5.74, 6) is 0.129. The van der Waals surface area contributed by atoms with Crippen LogP contribution in [0.4, 0.5) is 0 Å². The standard InChI is InChI=1S/C25H22BrClN2O5/c1-15-10-16(2)24(19(26)11-15)33-14-23(30)29-28-13-17-8-9-21(22(12-17)32-3)34-25(31)18-6-4-5-7-20(18)27/h4-13H,14H2,1-3H3,(H,29,30)/b28-13-. The van der Waals surface area contributed by atoms with E-state index in [1.807, 2.05) is 26.0 Å². The van der Waals surface area contributed by atoms with Gasteiger partial charge >= 0.3 is 5.97 Å². The lowest BCUT2D eigenvalue weighted by atomic mass is 10.1. The highest BCUT2D eigenvalue weighted by molar-refractivity contribution is 9.10. The van der Waals surface area contributed by atoms with E-state index >= 15 is 0 Å². The normalized spacial score (nSPS) is 10.7. The summed E-state index contributed by atoms with van der Waals surface area (Å²) in [6.07, 6.45) is 1.44. The Morgan fingerprint density at radius 1 is 1.09 bits per heavy atom. The van der Waals surface area contributed by atoms with Gasteiger partial charge in [-0.05, 0) is 82.9 Å². The average Bonchev–Trinajstić information content (AvgIpc) is 2.79. The summed E-state index contributed by atoms with van der Waals surface area (Å²) in [5, 5.41) is 4.23. The maximum atomic E-state index is 12.4. The fraction of sp³-hybridized carbons (Fsp3) is 0.160. The van der Waals surface area contributed by atoms with Gasteiger partial charge in [0.25, 0.3) is 5.91 Å². The van der Waals surface area contributed by atoms with Crippen LogP contribution in [0.2, 0.25) is 5.02 Å². The zero-order chi connectivity index (χ0) is 24.7. The van der Waals surface area contributed by atoms with Crippen LogP contribution in [0.1, 0.15) is 27.0 Å². The lowest BCUT2D eigenvalue weighted by molar-refractivity contribution is -0.123. The molecule has 1 amide bonds. The molecule has 0 aliphatic heterocycles. The molecule has 0 aliphatic carbocycles. The number of hydrogen-bond acceptors (Lipinski definition) is 6. The third kappa shape index (κ3) is 6.59. The minimum atomic E-state index is -0.604. The smallest absolute Gasteiger partial charge is 0.345 e. The molecule has 0 radical (unpaired) electrons. The van der Waals surface area contributed by atoms with Crippen LogP contribution in [-0.4, -0.2) is 31.8 Å². The number of rotatable bonds is 8. The number of ether oxygens (including phenoxy) is 3. The van der Waals surface area contributed by atoms with Gasteiger partial charge in [0.1, 0.15) is 5.75 Å². The highest BCUT2D eigenvalue weighted by Gasteiger charge is 2.15. The summed E-state index contributed by atoms with van der Waals surface area (Å²) >= 11 is 9.50. The zero-order valence-electron chi connectivity index (χ0n) is 18.7. The van der Waals surface area contributed by atoms with Crippen molar-refractivity contribution in [3.05, 3.63) is 86.3 Å². The van der Waals surface area contributed by atoms with E-state index in [0.717, 1.165) is 15.6 Å². The highest BCUT2D eigenvalue weighted by atomic mass is 79.9. The molecule has 0 saturated carbocycles. The summed E-state index contributed by atoms with van der Waals surface area (Å²) in [6.45, 7) is 3.69. The number of hydrazone groups is 1. The minimum absolute atomic E-state index is 0.194. The van der Waals surface area contributed by atoms with Crippen LogP contribution in [0, 0.1) is 13.8 Å². The van der Waals surface area contributed by atoms with Gasteiger partial charge in [-0.15, -0.1) is 0 Å². The molecule has 1 N–H and O–H groups in total. The van der Waals surface area contributed by atoms with Gasteiger partial charge in [0.2, 0.25) is 0 Å². The van der Waals surface area contributed by atoms with Crippen LogP contribution >= 0.6 is 27.5 Å². The first-order chi connectivity index (χ1) is 16.3. The Morgan fingerprint density at radius 3 is 2.56 bits per heavy atom. The molecule has 34 heavy (non-hydrogen) atoms. The van der Waals surface area contributed by atoms with Crippen molar-refractivity contribution >= 4 is 45.6 Å². The fourth-order valence-corrected chi connectivity index (χ4v) is 4.07. The molecule has 176 valence electrons. The number of methoxy groups -OCH3 is 1. The van der Waals surface area contributed by atoms with Crippen molar-refractivity contribution in [1.29, 1.82) is 0 Å². The number of aryl methyl sites for hydroxylation is 2. The molecule has 0 aromatic heterocycles. The van der Waals surface area contributed by atoms with Gasteiger partial charge < -0.3 is 14.2 Å². The van der Waals surface area contributed by atoms with E-state index in [-0.39, 0.29) is 17.9 Å². The first kappa shape index (κ1) is 25.3. The lowest BCUT2D eigenvalue weighted by Crippen LogP contribution is -2.24. The van der Waals surface area contributed by atoms with E-state index in [0.29, 0.717) is 22.1 Å². The van der Waals surface area contributed by atoms with Gasteiger partial charge in [0, 0.05) is 0 Å². The molecule has 0 bridgehead atoms. The molecular weight excluding hydrogens is 524 g/mol. The Balaban J connectivity index is 1.59. The van der Waals surface area contributed by atoms with Crippen molar-refractivity contribution in [3.8, 4) is 17.2 Å². The third-order valence-corrected chi connectivity index (χ3v) is 5.53. The van der Waals surface area contributed by atoms with Crippen LogP contribution in [0.5, 0.6) is 17.2 Å². The zero-order valence-corrected chi connectivity index (χ0v) is 21.1. The maximum absolute atomic E-state index is 12.4. The molecule has 0 fully saturated rings. The molecule has 0 unspecified atom stereocenters. The van der Waals surface area contributed by atoms with Gasteiger partial charge in [-0.1, -0.05) is 29.8 Å². The van der Waals surface area contributed by atoms with Crippen molar-refractivity contribution in [3.63, 3.8) is 0 Å². The number of benzene rings is 3. The summed E-state index contributed by atoms with van der Waals surface area (Å²) in [7, 11) is 1.45. The van der Waals surface area contributed by atoms with Gasteiger partial charge in [-0.3, -0.25) is 4.79 Å². The van der Waals surface area contributed by atoms with Gasteiger partial charge in [0.05, 0.1) is 28.4 Å². The number of carbonyl (C=O) groups excluding carboxylic acids is 2. The minimum Gasteiger partial charge on any atom is -0.493 e. The molecule has 0 spiro atoms. The van der Waals surface area contributed by atoms with E-state index in [1.54, 1.807) is 42.5 Å². The predicted octanol–water partition coefficient (Wildman–Crippen LogP) is 5.48. The molecule has 3 aromatic rings. The molecule has 9 heteroatoms. The van der Waals surface area contributed by atoms with Crippen LogP contribution in [0.15, 0.2) is 64.2 Å². The maximum Gasteiger partial charge on any atom is 0.345 e. The number of amides is 1. The van der Waals surface area contributed by atoms with Gasteiger partial charge in [-0.25, -0.2) is 10.2 Å². The molecule has 3 rings (SSSR count).